The van der Waals surface area contributed by atoms with E-state index in [9.17, 15) is 13.6 Å². The molecule has 2 saturated heterocycles. The second kappa shape index (κ2) is 9.67. The molecule has 2 aliphatic heterocycles. The minimum atomic E-state index is -0.266. The average Bonchev–Trinajstić information content (AvgIpc) is 2.78. The smallest absolute Gasteiger partial charge is 0.236 e. The SMILES string of the molecule is O=C(CN1CCN(C(c2ccc(F)cc2)c2ccc(F)cc2)CC1)N1CCCCC1. The molecule has 1 amide bonds. The summed E-state index contributed by atoms with van der Waals surface area (Å²) in [6, 6.07) is 13.0. The van der Waals surface area contributed by atoms with Crippen LogP contribution in [0.25, 0.3) is 0 Å². The van der Waals surface area contributed by atoms with E-state index in [1.165, 1.54) is 30.7 Å². The van der Waals surface area contributed by atoms with Gasteiger partial charge in [0, 0.05) is 39.3 Å². The van der Waals surface area contributed by atoms with Crippen molar-refractivity contribution in [3.05, 3.63) is 71.3 Å². The minimum Gasteiger partial charge on any atom is -0.342 e. The average molecular weight is 414 g/mol. The molecule has 4 rings (SSSR count). The molecular formula is C24H29F2N3O. The van der Waals surface area contributed by atoms with Crippen LogP contribution in [0.1, 0.15) is 36.4 Å². The number of benzene rings is 2. The van der Waals surface area contributed by atoms with Crippen LogP contribution in [0.4, 0.5) is 8.78 Å². The Morgan fingerprint density at radius 3 is 1.73 bits per heavy atom. The number of likely N-dealkylation sites (tertiary alicyclic amines) is 1. The van der Waals surface area contributed by atoms with Crippen molar-refractivity contribution in [2.45, 2.75) is 25.3 Å². The van der Waals surface area contributed by atoms with Crippen LogP contribution in [0.2, 0.25) is 0 Å². The Morgan fingerprint density at radius 1 is 0.733 bits per heavy atom. The summed E-state index contributed by atoms with van der Waals surface area (Å²) in [5.74, 6) is -0.299. The molecule has 2 fully saturated rings. The normalized spacial score (nSPS) is 18.7. The van der Waals surface area contributed by atoms with Crippen LogP contribution in [0.5, 0.6) is 0 Å². The molecule has 160 valence electrons. The van der Waals surface area contributed by atoms with Crippen molar-refractivity contribution in [2.24, 2.45) is 0 Å². The van der Waals surface area contributed by atoms with Crippen LogP contribution in [0.15, 0.2) is 48.5 Å². The molecule has 0 N–H and O–H groups in total. The van der Waals surface area contributed by atoms with E-state index in [1.807, 2.05) is 4.90 Å². The molecule has 2 heterocycles. The number of carbonyl (C=O) groups is 1. The van der Waals surface area contributed by atoms with E-state index in [0.717, 1.165) is 63.2 Å². The molecule has 0 aromatic heterocycles. The van der Waals surface area contributed by atoms with E-state index in [4.69, 9.17) is 0 Å². The van der Waals surface area contributed by atoms with Crippen LogP contribution < -0.4 is 0 Å². The number of hydrogen-bond acceptors (Lipinski definition) is 3. The number of piperazine rings is 1. The van der Waals surface area contributed by atoms with Gasteiger partial charge >= 0.3 is 0 Å². The Hall–Kier alpha value is -2.31. The number of carbonyl (C=O) groups excluding carboxylic acids is 1. The summed E-state index contributed by atoms with van der Waals surface area (Å²) in [4.78, 5) is 19.1. The number of nitrogens with zero attached hydrogens (tertiary/aromatic N) is 3. The van der Waals surface area contributed by atoms with Gasteiger partial charge in [-0.3, -0.25) is 14.6 Å². The number of piperidine rings is 1. The van der Waals surface area contributed by atoms with Crippen molar-refractivity contribution >= 4 is 5.91 Å². The zero-order valence-electron chi connectivity index (χ0n) is 17.3. The van der Waals surface area contributed by atoms with E-state index in [0.29, 0.717) is 6.54 Å². The van der Waals surface area contributed by atoms with E-state index in [2.05, 4.69) is 9.80 Å². The molecule has 4 nitrogen and oxygen atoms in total. The molecule has 2 aromatic carbocycles. The van der Waals surface area contributed by atoms with Crippen LogP contribution in [-0.2, 0) is 4.79 Å². The van der Waals surface area contributed by atoms with Crippen LogP contribution in [0.3, 0.4) is 0 Å². The maximum atomic E-state index is 13.5. The van der Waals surface area contributed by atoms with Gasteiger partial charge in [-0.15, -0.1) is 0 Å². The summed E-state index contributed by atoms with van der Waals surface area (Å²) in [5.41, 5.74) is 1.97. The van der Waals surface area contributed by atoms with Gasteiger partial charge < -0.3 is 4.90 Å². The summed E-state index contributed by atoms with van der Waals surface area (Å²) in [6.45, 7) is 5.45. The van der Waals surface area contributed by atoms with Crippen LogP contribution in [-0.4, -0.2) is 66.4 Å². The maximum absolute atomic E-state index is 13.5. The summed E-state index contributed by atoms with van der Waals surface area (Å²) < 4.78 is 26.9. The molecule has 0 unspecified atom stereocenters. The maximum Gasteiger partial charge on any atom is 0.236 e. The highest BCUT2D eigenvalue weighted by atomic mass is 19.1. The zero-order valence-corrected chi connectivity index (χ0v) is 17.3. The molecule has 0 atom stereocenters. The molecule has 0 saturated carbocycles. The standard InChI is InChI=1S/C24H29F2N3O/c25-21-8-4-19(5-9-21)24(20-6-10-22(26)11-7-20)29-16-14-27(15-17-29)18-23(30)28-12-2-1-3-13-28/h4-11,24H,1-3,12-18H2. The van der Waals surface area contributed by atoms with E-state index < -0.39 is 0 Å². The molecule has 0 spiro atoms. The third kappa shape index (κ3) is 5.05. The van der Waals surface area contributed by atoms with Crippen LogP contribution in [0, 0.1) is 11.6 Å². The fourth-order valence-electron chi connectivity index (χ4n) is 4.52. The van der Waals surface area contributed by atoms with Gasteiger partial charge in [0.2, 0.25) is 5.91 Å². The summed E-state index contributed by atoms with van der Waals surface area (Å²) in [5, 5.41) is 0. The van der Waals surface area contributed by atoms with Gasteiger partial charge in [-0.1, -0.05) is 24.3 Å². The third-order valence-electron chi connectivity index (χ3n) is 6.21. The van der Waals surface area contributed by atoms with Crippen LogP contribution >= 0.6 is 0 Å². The predicted molar refractivity (Wildman–Crippen MR) is 113 cm³/mol. The Bertz CT molecular complexity index is 781. The highest BCUT2D eigenvalue weighted by Crippen LogP contribution is 2.30. The fourth-order valence-corrected chi connectivity index (χ4v) is 4.52. The quantitative estimate of drug-likeness (QED) is 0.748. The molecule has 2 aliphatic rings. The number of halogens is 2. The molecular weight excluding hydrogens is 384 g/mol. The Balaban J connectivity index is 1.43. The highest BCUT2D eigenvalue weighted by molar-refractivity contribution is 5.78. The summed E-state index contributed by atoms with van der Waals surface area (Å²) >= 11 is 0. The van der Waals surface area contributed by atoms with E-state index in [1.54, 1.807) is 24.3 Å². The lowest BCUT2D eigenvalue weighted by atomic mass is 9.96. The second-order valence-electron chi connectivity index (χ2n) is 8.26. The van der Waals surface area contributed by atoms with Gasteiger partial charge in [-0.05, 0) is 54.7 Å². The lowest BCUT2D eigenvalue weighted by Gasteiger charge is -2.40. The Morgan fingerprint density at radius 2 is 1.23 bits per heavy atom. The number of hydrogen-bond donors (Lipinski definition) is 0. The van der Waals surface area contributed by atoms with E-state index >= 15 is 0 Å². The number of rotatable bonds is 5. The lowest BCUT2D eigenvalue weighted by molar-refractivity contribution is -0.133. The largest absolute Gasteiger partial charge is 0.342 e. The van der Waals surface area contributed by atoms with E-state index in [-0.39, 0.29) is 23.6 Å². The highest BCUT2D eigenvalue weighted by Gasteiger charge is 2.28. The first kappa shape index (κ1) is 20.9. The predicted octanol–water partition coefficient (Wildman–Crippen LogP) is 3.68. The molecule has 0 aliphatic carbocycles. The van der Waals surface area contributed by atoms with Crippen molar-refractivity contribution in [1.29, 1.82) is 0 Å². The molecule has 2 aromatic rings. The van der Waals surface area contributed by atoms with Crippen molar-refractivity contribution in [3.63, 3.8) is 0 Å². The zero-order chi connectivity index (χ0) is 20.9. The Labute approximate surface area is 177 Å². The van der Waals surface area contributed by atoms with Gasteiger partial charge in [0.15, 0.2) is 0 Å². The fraction of sp³-hybridized carbons (Fsp3) is 0.458. The lowest BCUT2D eigenvalue weighted by Crippen LogP contribution is -2.51. The summed E-state index contributed by atoms with van der Waals surface area (Å²) in [6.07, 6.45) is 3.43. The van der Waals surface area contributed by atoms with Crippen molar-refractivity contribution in [2.75, 3.05) is 45.8 Å². The molecule has 0 bridgehead atoms. The minimum absolute atomic E-state index is 0.0638. The second-order valence-corrected chi connectivity index (χ2v) is 8.26. The first-order chi connectivity index (χ1) is 14.6. The van der Waals surface area contributed by atoms with Gasteiger partial charge in [-0.25, -0.2) is 8.78 Å². The third-order valence-corrected chi connectivity index (χ3v) is 6.21. The molecule has 6 heteroatoms. The number of amides is 1. The van der Waals surface area contributed by atoms with Gasteiger partial charge in [0.1, 0.15) is 11.6 Å². The topological polar surface area (TPSA) is 26.8 Å². The first-order valence-corrected chi connectivity index (χ1v) is 10.9. The summed E-state index contributed by atoms with van der Waals surface area (Å²) in [7, 11) is 0. The first-order valence-electron chi connectivity index (χ1n) is 10.9. The molecule has 0 radical (unpaired) electrons. The van der Waals surface area contributed by atoms with Crippen molar-refractivity contribution in [3.8, 4) is 0 Å². The van der Waals surface area contributed by atoms with Crippen molar-refractivity contribution in [1.82, 2.24) is 14.7 Å². The van der Waals surface area contributed by atoms with Gasteiger partial charge in [0.05, 0.1) is 12.6 Å². The van der Waals surface area contributed by atoms with Gasteiger partial charge in [0.25, 0.3) is 0 Å². The molecule has 30 heavy (non-hydrogen) atoms. The monoisotopic (exact) mass is 413 g/mol. The Kier molecular flexibility index (Phi) is 6.75. The van der Waals surface area contributed by atoms with Gasteiger partial charge in [-0.2, -0.15) is 0 Å². The van der Waals surface area contributed by atoms with Crippen molar-refractivity contribution < 1.29 is 13.6 Å².